The number of hydrogen-bond acceptors (Lipinski definition) is 2. The first kappa shape index (κ1) is 17.9. The molecule has 3 rings (SSSR count). The molecule has 0 unspecified atom stereocenters. The summed E-state index contributed by atoms with van der Waals surface area (Å²) in [7, 11) is 6.31. The number of amides is 1. The maximum atomic E-state index is 13.4. The van der Waals surface area contributed by atoms with E-state index in [0.717, 1.165) is 41.5 Å². The second-order valence-electron chi connectivity index (χ2n) is 8.50. The van der Waals surface area contributed by atoms with Crippen molar-refractivity contribution in [2.45, 2.75) is 38.1 Å². The van der Waals surface area contributed by atoms with Crippen molar-refractivity contribution < 1.29 is 19.2 Å². The monoisotopic (exact) mass is 345 g/mol. The summed E-state index contributed by atoms with van der Waals surface area (Å²) < 4.78 is 0.990. The third-order valence-corrected chi connectivity index (χ3v) is 6.12. The van der Waals surface area contributed by atoms with Crippen molar-refractivity contribution in [3.8, 4) is 0 Å². The summed E-state index contributed by atoms with van der Waals surface area (Å²) in [5.74, 6) is -0.890. The van der Waals surface area contributed by atoms with Crippen LogP contribution >= 0.6 is 0 Å². The fourth-order valence-corrected chi connectivity index (χ4v) is 4.52. The Kier molecular flexibility index (Phi) is 4.62. The fraction of sp³-hybridized carbons (Fsp3) is 0.600. The first-order valence-electron chi connectivity index (χ1n) is 9.10. The van der Waals surface area contributed by atoms with Crippen LogP contribution in [0, 0.1) is 5.41 Å². The highest BCUT2D eigenvalue weighted by Gasteiger charge is 2.48. The van der Waals surface area contributed by atoms with Crippen LogP contribution in [0.5, 0.6) is 0 Å². The molecule has 1 aromatic carbocycles. The summed E-state index contributed by atoms with van der Waals surface area (Å²) in [6.07, 6.45) is 2.93. The zero-order valence-corrected chi connectivity index (χ0v) is 15.5. The number of fused-ring (bicyclic) bond motifs is 1. The molecule has 0 spiro atoms. The van der Waals surface area contributed by atoms with Gasteiger partial charge in [0.15, 0.2) is 0 Å². The Morgan fingerprint density at radius 1 is 1.16 bits per heavy atom. The quantitative estimate of drug-likeness (QED) is 0.849. The highest BCUT2D eigenvalue weighted by Crippen LogP contribution is 2.42. The average Bonchev–Trinajstić information content (AvgIpc) is 2.91. The van der Waals surface area contributed by atoms with Gasteiger partial charge in [0.2, 0.25) is 5.91 Å². The number of carboxylic acid groups (broad SMARTS) is 1. The summed E-state index contributed by atoms with van der Waals surface area (Å²) in [5.41, 5.74) is 1.41. The highest BCUT2D eigenvalue weighted by atomic mass is 16.4. The summed E-state index contributed by atoms with van der Waals surface area (Å²) in [6, 6.07) is 8.18. The first-order chi connectivity index (χ1) is 11.7. The molecule has 1 aliphatic carbocycles. The molecule has 1 N–H and O–H groups in total. The summed E-state index contributed by atoms with van der Waals surface area (Å²) in [6.45, 7) is 2.10. The van der Waals surface area contributed by atoms with Gasteiger partial charge in [0, 0.05) is 25.9 Å². The number of hydrogen-bond donors (Lipinski definition) is 1. The van der Waals surface area contributed by atoms with E-state index in [2.05, 4.69) is 14.1 Å². The van der Waals surface area contributed by atoms with E-state index in [1.165, 1.54) is 0 Å². The number of likely N-dealkylation sites (tertiary alicyclic amines) is 1. The number of carbonyl (C=O) groups excluding carboxylic acids is 1. The molecule has 0 radical (unpaired) electrons. The van der Waals surface area contributed by atoms with E-state index in [0.29, 0.717) is 12.8 Å². The summed E-state index contributed by atoms with van der Waals surface area (Å²) in [5, 5.41) is 9.45. The third-order valence-electron chi connectivity index (χ3n) is 6.12. The number of nitrogens with zero attached hydrogens (tertiary/aromatic N) is 2. The Morgan fingerprint density at radius 2 is 1.68 bits per heavy atom. The van der Waals surface area contributed by atoms with E-state index in [9.17, 15) is 14.7 Å². The van der Waals surface area contributed by atoms with Crippen LogP contribution in [0.4, 0.5) is 0 Å². The number of benzene rings is 1. The van der Waals surface area contributed by atoms with Crippen molar-refractivity contribution in [1.82, 2.24) is 4.90 Å². The predicted octanol–water partition coefficient (Wildman–Crippen LogP) is 1.94. The van der Waals surface area contributed by atoms with E-state index in [1.807, 2.05) is 36.2 Å². The lowest BCUT2D eigenvalue weighted by Gasteiger charge is -2.42. The molecule has 5 nitrogen and oxygen atoms in total. The van der Waals surface area contributed by atoms with Crippen LogP contribution in [0.15, 0.2) is 24.3 Å². The maximum Gasteiger partial charge on any atom is 0.304 e. The Hall–Kier alpha value is -1.88. The van der Waals surface area contributed by atoms with Crippen LogP contribution in [0.2, 0.25) is 0 Å². The molecule has 25 heavy (non-hydrogen) atoms. The number of quaternary nitrogens is 1. The number of aliphatic carboxylic acids is 1. The number of rotatable bonds is 4. The molecule has 1 saturated heterocycles. The van der Waals surface area contributed by atoms with Gasteiger partial charge in [-0.15, -0.1) is 0 Å². The van der Waals surface area contributed by atoms with E-state index in [4.69, 9.17) is 0 Å². The minimum Gasteiger partial charge on any atom is -0.481 e. The molecule has 1 fully saturated rings. The molecule has 1 heterocycles. The van der Waals surface area contributed by atoms with Gasteiger partial charge in [0.05, 0.1) is 39.0 Å². The van der Waals surface area contributed by atoms with Gasteiger partial charge in [-0.3, -0.25) is 9.59 Å². The lowest BCUT2D eigenvalue weighted by atomic mass is 9.79. The Balaban J connectivity index is 1.80. The van der Waals surface area contributed by atoms with Gasteiger partial charge in [0.25, 0.3) is 0 Å². The van der Waals surface area contributed by atoms with E-state index in [1.54, 1.807) is 0 Å². The fourth-order valence-electron chi connectivity index (χ4n) is 4.52. The average molecular weight is 345 g/mol. The molecule has 1 aromatic rings. The molecule has 0 atom stereocenters. The normalized spacial score (nSPS) is 21.6. The van der Waals surface area contributed by atoms with Gasteiger partial charge in [-0.2, -0.15) is 0 Å². The zero-order chi connectivity index (χ0) is 18.2. The standard InChI is InChI=1S/C20H28N2O3/c1-21(17-8-10-22(2,3)11-9-17)19(25)20(14-18(23)24)12-15-6-4-5-7-16(15)13-20/h4-7,17H,8-14H2,1-3H3/p+1. The van der Waals surface area contributed by atoms with E-state index < -0.39 is 11.4 Å². The molecule has 0 aromatic heterocycles. The molecule has 0 bridgehead atoms. The second-order valence-corrected chi connectivity index (χ2v) is 8.50. The smallest absolute Gasteiger partial charge is 0.304 e. The third kappa shape index (κ3) is 3.56. The van der Waals surface area contributed by atoms with Crippen molar-refractivity contribution >= 4 is 11.9 Å². The predicted molar refractivity (Wildman–Crippen MR) is 96.2 cm³/mol. The van der Waals surface area contributed by atoms with Crippen LogP contribution in [0.3, 0.4) is 0 Å². The molecule has 5 heteroatoms. The van der Waals surface area contributed by atoms with Crippen molar-refractivity contribution in [1.29, 1.82) is 0 Å². The van der Waals surface area contributed by atoms with Crippen molar-refractivity contribution in [2.24, 2.45) is 5.41 Å². The first-order valence-corrected chi connectivity index (χ1v) is 9.10. The van der Waals surface area contributed by atoms with Crippen molar-refractivity contribution in [3.05, 3.63) is 35.4 Å². The van der Waals surface area contributed by atoms with Crippen LogP contribution in [0.25, 0.3) is 0 Å². The second kappa shape index (κ2) is 6.45. The minimum atomic E-state index is -0.893. The van der Waals surface area contributed by atoms with Gasteiger partial charge in [-0.1, -0.05) is 24.3 Å². The molecular formula is C20H29N2O3+. The summed E-state index contributed by atoms with van der Waals surface area (Å²) >= 11 is 0. The number of piperidine rings is 1. The molecule has 136 valence electrons. The molecule has 1 aliphatic heterocycles. The molecule has 0 saturated carbocycles. The number of carbonyl (C=O) groups is 2. The van der Waals surface area contributed by atoms with Crippen LogP contribution in [-0.2, 0) is 22.4 Å². The van der Waals surface area contributed by atoms with Gasteiger partial charge < -0.3 is 14.5 Å². The number of carboxylic acids is 1. The SMILES string of the molecule is CN(C(=O)C1(CC(=O)O)Cc2ccccc2C1)C1CC[N+](C)(C)CC1. The Bertz CT molecular complexity index is 648. The van der Waals surface area contributed by atoms with Crippen LogP contribution in [-0.4, -0.2) is 66.6 Å². The van der Waals surface area contributed by atoms with Crippen LogP contribution < -0.4 is 0 Å². The molecular weight excluding hydrogens is 316 g/mol. The van der Waals surface area contributed by atoms with Gasteiger partial charge in [-0.05, 0) is 24.0 Å². The van der Waals surface area contributed by atoms with E-state index >= 15 is 0 Å². The minimum absolute atomic E-state index is 0.00306. The van der Waals surface area contributed by atoms with Crippen molar-refractivity contribution in [3.63, 3.8) is 0 Å². The van der Waals surface area contributed by atoms with Gasteiger partial charge in [0.1, 0.15) is 0 Å². The van der Waals surface area contributed by atoms with Gasteiger partial charge >= 0.3 is 5.97 Å². The Morgan fingerprint density at radius 3 is 2.16 bits per heavy atom. The molecule has 2 aliphatic rings. The van der Waals surface area contributed by atoms with Crippen LogP contribution in [0.1, 0.15) is 30.4 Å². The largest absolute Gasteiger partial charge is 0.481 e. The Labute approximate surface area is 149 Å². The lowest BCUT2D eigenvalue weighted by Crippen LogP contribution is -2.55. The summed E-state index contributed by atoms with van der Waals surface area (Å²) in [4.78, 5) is 26.8. The van der Waals surface area contributed by atoms with Crippen molar-refractivity contribution in [2.75, 3.05) is 34.2 Å². The maximum absolute atomic E-state index is 13.4. The zero-order valence-electron chi connectivity index (χ0n) is 15.5. The molecule has 1 amide bonds. The lowest BCUT2D eigenvalue weighted by molar-refractivity contribution is -0.895. The van der Waals surface area contributed by atoms with Gasteiger partial charge in [-0.25, -0.2) is 0 Å². The van der Waals surface area contributed by atoms with E-state index in [-0.39, 0.29) is 18.4 Å². The topological polar surface area (TPSA) is 57.6 Å². The highest BCUT2D eigenvalue weighted by molar-refractivity contribution is 5.88.